The van der Waals surface area contributed by atoms with Gasteiger partial charge in [0.1, 0.15) is 5.82 Å². The molecular formula is C10H14N4. The molecule has 2 aromatic rings. The second kappa shape index (κ2) is 3.77. The zero-order valence-corrected chi connectivity index (χ0v) is 8.17. The number of aromatic nitrogens is 2. The highest BCUT2D eigenvalue weighted by Crippen LogP contribution is 2.13. The van der Waals surface area contributed by atoms with Crippen molar-refractivity contribution in [3.63, 3.8) is 0 Å². The fraction of sp³-hybridized carbons (Fsp3) is 0.300. The van der Waals surface area contributed by atoms with E-state index in [4.69, 9.17) is 5.73 Å². The van der Waals surface area contributed by atoms with Crippen LogP contribution in [-0.2, 0) is 6.54 Å². The summed E-state index contributed by atoms with van der Waals surface area (Å²) in [6.07, 6.45) is 0. The van der Waals surface area contributed by atoms with E-state index in [1.807, 2.05) is 13.0 Å². The molecule has 0 bridgehead atoms. The third-order valence-corrected chi connectivity index (χ3v) is 2.14. The number of fused-ring (bicyclic) bond motifs is 1. The summed E-state index contributed by atoms with van der Waals surface area (Å²) in [5, 5.41) is 3.08. The molecular weight excluding hydrogens is 176 g/mol. The molecule has 0 atom stereocenters. The molecule has 4 nitrogen and oxygen atoms in total. The van der Waals surface area contributed by atoms with Crippen molar-refractivity contribution in [1.29, 1.82) is 0 Å². The molecule has 0 aliphatic carbocycles. The quantitative estimate of drug-likeness (QED) is 0.629. The average molecular weight is 190 g/mol. The van der Waals surface area contributed by atoms with E-state index in [1.54, 1.807) is 0 Å². The van der Waals surface area contributed by atoms with Crippen molar-refractivity contribution in [2.45, 2.75) is 13.5 Å². The highest BCUT2D eigenvalue weighted by Gasteiger charge is 1.99. The Hall–Kier alpha value is -1.39. The molecule has 0 aliphatic heterocycles. The topological polar surface area (TPSA) is 66.7 Å². The lowest BCUT2D eigenvalue weighted by atomic mass is 10.2. The number of hydrogen-bond acceptors (Lipinski definition) is 3. The van der Waals surface area contributed by atoms with Gasteiger partial charge in [0.15, 0.2) is 0 Å². The van der Waals surface area contributed by atoms with Crippen molar-refractivity contribution in [3.05, 3.63) is 29.6 Å². The molecule has 0 amide bonds. The summed E-state index contributed by atoms with van der Waals surface area (Å²) in [6.45, 7) is 3.25. The predicted octanol–water partition coefficient (Wildman–Crippen LogP) is 0.877. The second-order valence-corrected chi connectivity index (χ2v) is 3.30. The smallest absolute Gasteiger partial charge is 0.104 e. The van der Waals surface area contributed by atoms with Crippen molar-refractivity contribution in [3.8, 4) is 0 Å². The Balaban J connectivity index is 2.31. The molecule has 0 saturated carbocycles. The zero-order valence-electron chi connectivity index (χ0n) is 8.17. The maximum atomic E-state index is 5.36. The number of rotatable bonds is 3. The van der Waals surface area contributed by atoms with E-state index in [-0.39, 0.29) is 0 Å². The lowest BCUT2D eigenvalue weighted by Crippen LogP contribution is -2.21. The van der Waals surface area contributed by atoms with E-state index in [9.17, 15) is 0 Å². The minimum absolute atomic E-state index is 0.500. The number of aromatic amines is 1. The van der Waals surface area contributed by atoms with Crippen molar-refractivity contribution in [2.24, 2.45) is 5.73 Å². The number of benzene rings is 1. The van der Waals surface area contributed by atoms with Gasteiger partial charge in [-0.2, -0.15) is 0 Å². The van der Waals surface area contributed by atoms with E-state index in [0.717, 1.165) is 23.4 Å². The molecule has 4 N–H and O–H groups in total. The number of imidazole rings is 1. The second-order valence-electron chi connectivity index (χ2n) is 3.30. The molecule has 0 fully saturated rings. The van der Waals surface area contributed by atoms with Crippen LogP contribution in [0, 0.1) is 6.92 Å². The van der Waals surface area contributed by atoms with E-state index in [1.165, 1.54) is 5.56 Å². The molecule has 0 spiro atoms. The zero-order chi connectivity index (χ0) is 9.97. The van der Waals surface area contributed by atoms with Gasteiger partial charge in [-0.1, -0.05) is 6.07 Å². The van der Waals surface area contributed by atoms with Gasteiger partial charge in [-0.05, 0) is 24.6 Å². The molecule has 14 heavy (non-hydrogen) atoms. The molecule has 1 heterocycles. The van der Waals surface area contributed by atoms with Gasteiger partial charge >= 0.3 is 0 Å². The number of aryl methyl sites for hydroxylation is 1. The number of hydrogen-bond donors (Lipinski definition) is 3. The fourth-order valence-corrected chi connectivity index (χ4v) is 1.51. The Bertz CT molecular complexity index is 433. The summed E-state index contributed by atoms with van der Waals surface area (Å²) >= 11 is 0. The molecule has 0 radical (unpaired) electrons. The van der Waals surface area contributed by atoms with Gasteiger partial charge in [0.05, 0.1) is 11.0 Å². The first kappa shape index (κ1) is 9.18. The van der Waals surface area contributed by atoms with Crippen LogP contribution in [0.2, 0.25) is 0 Å². The maximum absolute atomic E-state index is 5.36. The van der Waals surface area contributed by atoms with Crippen molar-refractivity contribution in [1.82, 2.24) is 15.3 Å². The summed E-state index contributed by atoms with van der Waals surface area (Å²) in [6, 6.07) is 6.18. The lowest BCUT2D eigenvalue weighted by molar-refractivity contribution is 0.709. The Morgan fingerprint density at radius 2 is 2.36 bits per heavy atom. The van der Waals surface area contributed by atoms with Crippen LogP contribution in [0.25, 0.3) is 11.0 Å². The van der Waals surface area contributed by atoms with Gasteiger partial charge in [-0.25, -0.2) is 4.98 Å². The summed E-state index contributed by atoms with van der Waals surface area (Å²) in [5.41, 5.74) is 8.67. The highest BCUT2D eigenvalue weighted by molar-refractivity contribution is 5.75. The van der Waals surface area contributed by atoms with Crippen LogP contribution >= 0.6 is 0 Å². The SMILES string of the molecule is Cc1nc2ccc(CNCN)cc2[nH]1. The molecule has 0 saturated heterocycles. The Labute approximate surface area is 82.5 Å². The van der Waals surface area contributed by atoms with Gasteiger partial charge in [0, 0.05) is 13.2 Å². The van der Waals surface area contributed by atoms with Crippen LogP contribution in [0.1, 0.15) is 11.4 Å². The number of nitrogens with one attached hydrogen (secondary N) is 2. The summed E-state index contributed by atoms with van der Waals surface area (Å²) in [5.74, 6) is 0.948. The third-order valence-electron chi connectivity index (χ3n) is 2.14. The van der Waals surface area contributed by atoms with Crippen LogP contribution in [0.5, 0.6) is 0 Å². The molecule has 1 aromatic heterocycles. The van der Waals surface area contributed by atoms with E-state index < -0.39 is 0 Å². The molecule has 4 heteroatoms. The normalized spacial score (nSPS) is 11.0. The van der Waals surface area contributed by atoms with Crippen molar-refractivity contribution >= 4 is 11.0 Å². The fourth-order valence-electron chi connectivity index (χ4n) is 1.51. The largest absolute Gasteiger partial charge is 0.342 e. The highest BCUT2D eigenvalue weighted by atomic mass is 14.9. The first-order chi connectivity index (χ1) is 6.79. The van der Waals surface area contributed by atoms with Gasteiger partial charge in [-0.3, -0.25) is 0 Å². The lowest BCUT2D eigenvalue weighted by Gasteiger charge is -2.00. The first-order valence-electron chi connectivity index (χ1n) is 4.65. The van der Waals surface area contributed by atoms with Crippen LogP contribution in [0.3, 0.4) is 0 Å². The summed E-state index contributed by atoms with van der Waals surface area (Å²) in [7, 11) is 0. The predicted molar refractivity (Wildman–Crippen MR) is 56.7 cm³/mol. The number of nitrogens with two attached hydrogens (primary N) is 1. The van der Waals surface area contributed by atoms with Crippen LogP contribution in [0.4, 0.5) is 0 Å². The van der Waals surface area contributed by atoms with E-state index >= 15 is 0 Å². The van der Waals surface area contributed by atoms with Gasteiger partial charge < -0.3 is 16.0 Å². The Morgan fingerprint density at radius 1 is 1.50 bits per heavy atom. The monoisotopic (exact) mass is 190 g/mol. The Morgan fingerprint density at radius 3 is 3.14 bits per heavy atom. The molecule has 74 valence electrons. The van der Waals surface area contributed by atoms with E-state index in [2.05, 4.69) is 27.4 Å². The molecule has 0 unspecified atom stereocenters. The minimum atomic E-state index is 0.500. The van der Waals surface area contributed by atoms with Crippen molar-refractivity contribution < 1.29 is 0 Å². The maximum Gasteiger partial charge on any atom is 0.104 e. The number of nitrogens with zero attached hydrogens (tertiary/aromatic N) is 1. The average Bonchev–Trinajstić information content (AvgIpc) is 2.54. The summed E-state index contributed by atoms with van der Waals surface area (Å²) in [4.78, 5) is 7.54. The van der Waals surface area contributed by atoms with Crippen molar-refractivity contribution in [2.75, 3.05) is 6.67 Å². The summed E-state index contributed by atoms with van der Waals surface area (Å²) < 4.78 is 0. The third kappa shape index (κ3) is 1.76. The van der Waals surface area contributed by atoms with Crippen LogP contribution in [0.15, 0.2) is 18.2 Å². The van der Waals surface area contributed by atoms with E-state index in [0.29, 0.717) is 6.67 Å². The minimum Gasteiger partial charge on any atom is -0.342 e. The first-order valence-corrected chi connectivity index (χ1v) is 4.65. The number of H-pyrrole nitrogens is 1. The van der Waals surface area contributed by atoms with Gasteiger partial charge in [-0.15, -0.1) is 0 Å². The molecule has 0 aliphatic rings. The Kier molecular flexibility index (Phi) is 2.47. The molecule has 1 aromatic carbocycles. The van der Waals surface area contributed by atoms with Crippen LogP contribution in [-0.4, -0.2) is 16.6 Å². The van der Waals surface area contributed by atoms with Gasteiger partial charge in [0.25, 0.3) is 0 Å². The molecule has 2 rings (SSSR count). The standard InChI is InChI=1S/C10H14N4/c1-7-13-9-3-2-8(5-12-6-11)4-10(9)14-7/h2-4,12H,5-6,11H2,1H3,(H,13,14). The van der Waals surface area contributed by atoms with Crippen LogP contribution < -0.4 is 11.1 Å². The van der Waals surface area contributed by atoms with Gasteiger partial charge in [0.2, 0.25) is 0 Å².